The van der Waals surface area contributed by atoms with E-state index in [-0.39, 0.29) is 18.2 Å². The second-order valence-corrected chi connectivity index (χ2v) is 8.64. The molecule has 0 aliphatic heterocycles. The Hall–Kier alpha value is -3.49. The molecule has 2 N–H and O–H groups in total. The Labute approximate surface area is 192 Å². The normalized spacial score (nSPS) is 15.5. The average molecular weight is 451 g/mol. The molecule has 9 heteroatoms. The Balaban J connectivity index is 1.32. The highest BCUT2D eigenvalue weighted by atomic mass is 16.5. The molecule has 1 aliphatic rings. The van der Waals surface area contributed by atoms with Gasteiger partial charge in [0.1, 0.15) is 5.54 Å². The summed E-state index contributed by atoms with van der Waals surface area (Å²) in [5.41, 5.74) is 1.25. The summed E-state index contributed by atoms with van der Waals surface area (Å²) in [6, 6.07) is 9.58. The molecule has 9 nitrogen and oxygen atoms in total. The van der Waals surface area contributed by atoms with Gasteiger partial charge in [-0.3, -0.25) is 14.3 Å². The molecule has 1 saturated carbocycles. The lowest BCUT2D eigenvalue weighted by Gasteiger charge is -2.30. The molecule has 1 aliphatic carbocycles. The lowest BCUT2D eigenvalue weighted by molar-refractivity contribution is -0.121. The molecule has 0 bridgehead atoms. The molecule has 0 spiro atoms. The molecular formula is C24H30N6O3. The van der Waals surface area contributed by atoms with Gasteiger partial charge in [0.2, 0.25) is 17.7 Å². The molecule has 2 aromatic heterocycles. The molecule has 0 atom stereocenters. The number of benzene rings is 1. The second kappa shape index (κ2) is 10.4. The number of hydrogen-bond donors (Lipinski definition) is 2. The Morgan fingerprint density at radius 1 is 1.12 bits per heavy atom. The van der Waals surface area contributed by atoms with Crippen molar-refractivity contribution >= 4 is 17.5 Å². The van der Waals surface area contributed by atoms with E-state index in [2.05, 4.69) is 25.9 Å². The van der Waals surface area contributed by atoms with Crippen molar-refractivity contribution < 1.29 is 14.1 Å². The third-order valence-corrected chi connectivity index (χ3v) is 5.98. The van der Waals surface area contributed by atoms with E-state index in [4.69, 9.17) is 4.52 Å². The number of anilines is 1. The molecule has 33 heavy (non-hydrogen) atoms. The van der Waals surface area contributed by atoms with E-state index in [9.17, 15) is 9.59 Å². The first-order chi connectivity index (χ1) is 16.0. The number of aryl methyl sites for hydroxylation is 1. The molecule has 4 rings (SSSR count). The Morgan fingerprint density at radius 3 is 2.55 bits per heavy atom. The van der Waals surface area contributed by atoms with Gasteiger partial charge in [0.05, 0.1) is 6.54 Å². The van der Waals surface area contributed by atoms with Gasteiger partial charge < -0.3 is 15.2 Å². The lowest BCUT2D eigenvalue weighted by atomic mass is 9.89. The number of hydrogen-bond acceptors (Lipinski definition) is 6. The van der Waals surface area contributed by atoms with Crippen molar-refractivity contribution in [2.45, 2.75) is 70.4 Å². The van der Waals surface area contributed by atoms with Crippen molar-refractivity contribution in [3.63, 3.8) is 0 Å². The van der Waals surface area contributed by atoms with E-state index in [0.29, 0.717) is 24.7 Å². The molecule has 3 aromatic rings. The molecule has 2 heterocycles. The summed E-state index contributed by atoms with van der Waals surface area (Å²) in [4.78, 5) is 28.8. The summed E-state index contributed by atoms with van der Waals surface area (Å²) in [6.45, 7) is 2.20. The van der Waals surface area contributed by atoms with E-state index in [1.165, 1.54) is 6.92 Å². The van der Waals surface area contributed by atoms with Crippen LogP contribution in [0.3, 0.4) is 0 Å². The maximum absolute atomic E-state index is 12.4. The van der Waals surface area contributed by atoms with Gasteiger partial charge in [0.15, 0.2) is 5.82 Å². The van der Waals surface area contributed by atoms with E-state index in [0.717, 1.165) is 49.8 Å². The molecule has 0 radical (unpaired) electrons. The van der Waals surface area contributed by atoms with Gasteiger partial charge in [-0.1, -0.05) is 43.0 Å². The Bertz CT molecular complexity index is 1050. The number of rotatable bonds is 8. The summed E-state index contributed by atoms with van der Waals surface area (Å²) >= 11 is 0. The summed E-state index contributed by atoms with van der Waals surface area (Å²) in [7, 11) is 0. The van der Waals surface area contributed by atoms with Crippen LogP contribution in [0.25, 0.3) is 0 Å². The minimum atomic E-state index is -0.579. The van der Waals surface area contributed by atoms with Crippen LogP contribution in [0.2, 0.25) is 0 Å². The zero-order valence-electron chi connectivity index (χ0n) is 18.9. The van der Waals surface area contributed by atoms with E-state index in [1.807, 2.05) is 41.2 Å². The van der Waals surface area contributed by atoms with Gasteiger partial charge in [-0.15, -0.1) is 0 Å². The number of amides is 2. The topological polar surface area (TPSA) is 115 Å². The SMILES string of the molecule is CC(=O)NC1(c2noc(CCC(=O)Nc3ccc(Cn4cccn4)cc3)n2)CCCCCC1. The molecule has 0 saturated heterocycles. The van der Waals surface area contributed by atoms with Crippen molar-refractivity contribution in [3.8, 4) is 0 Å². The number of carbonyl (C=O) groups is 2. The molecule has 2 amide bonds. The molecule has 1 fully saturated rings. The zero-order chi connectivity index (χ0) is 23.1. The van der Waals surface area contributed by atoms with E-state index >= 15 is 0 Å². The number of nitrogens with one attached hydrogen (secondary N) is 2. The van der Waals surface area contributed by atoms with Crippen LogP contribution in [-0.4, -0.2) is 31.7 Å². The Morgan fingerprint density at radius 2 is 1.88 bits per heavy atom. The van der Waals surface area contributed by atoms with Gasteiger partial charge in [-0.25, -0.2) is 0 Å². The molecule has 1 aromatic carbocycles. The zero-order valence-corrected chi connectivity index (χ0v) is 18.9. The highest BCUT2D eigenvalue weighted by Gasteiger charge is 2.38. The first kappa shape index (κ1) is 22.7. The summed E-state index contributed by atoms with van der Waals surface area (Å²) in [5, 5.41) is 14.3. The highest BCUT2D eigenvalue weighted by molar-refractivity contribution is 5.90. The smallest absolute Gasteiger partial charge is 0.227 e. The largest absolute Gasteiger partial charge is 0.343 e. The fourth-order valence-electron chi connectivity index (χ4n) is 4.34. The van der Waals surface area contributed by atoms with Gasteiger partial charge >= 0.3 is 0 Å². The van der Waals surface area contributed by atoms with Crippen LogP contribution in [0.15, 0.2) is 47.2 Å². The highest BCUT2D eigenvalue weighted by Crippen LogP contribution is 2.34. The van der Waals surface area contributed by atoms with Crippen LogP contribution >= 0.6 is 0 Å². The summed E-state index contributed by atoms with van der Waals surface area (Å²) in [5.74, 6) is 0.699. The lowest BCUT2D eigenvalue weighted by Crippen LogP contribution is -2.45. The number of nitrogens with zero attached hydrogens (tertiary/aromatic N) is 4. The third-order valence-electron chi connectivity index (χ3n) is 5.98. The Kier molecular flexibility index (Phi) is 7.16. The fraction of sp³-hybridized carbons (Fsp3) is 0.458. The fourth-order valence-corrected chi connectivity index (χ4v) is 4.34. The minimum absolute atomic E-state index is 0.0988. The van der Waals surface area contributed by atoms with E-state index in [1.54, 1.807) is 6.20 Å². The predicted octanol–water partition coefficient (Wildman–Crippen LogP) is 3.57. The maximum atomic E-state index is 12.4. The number of carbonyl (C=O) groups excluding carboxylic acids is 2. The van der Waals surface area contributed by atoms with Crippen LogP contribution in [0.4, 0.5) is 5.69 Å². The average Bonchev–Trinajstić information content (AvgIpc) is 3.43. The van der Waals surface area contributed by atoms with Crippen LogP contribution < -0.4 is 10.6 Å². The van der Waals surface area contributed by atoms with Crippen molar-refractivity contribution in [2.24, 2.45) is 0 Å². The van der Waals surface area contributed by atoms with Gasteiger partial charge in [-0.2, -0.15) is 10.1 Å². The molecule has 174 valence electrons. The molecule has 0 unspecified atom stereocenters. The van der Waals surface area contributed by atoms with Crippen molar-refractivity contribution in [2.75, 3.05) is 5.32 Å². The summed E-state index contributed by atoms with van der Waals surface area (Å²) in [6.07, 6.45) is 10.1. The van der Waals surface area contributed by atoms with Crippen LogP contribution in [0.1, 0.15) is 69.1 Å². The van der Waals surface area contributed by atoms with Gasteiger partial charge in [0, 0.05) is 37.8 Å². The van der Waals surface area contributed by atoms with Crippen LogP contribution in [0, 0.1) is 0 Å². The quantitative estimate of drug-likeness (QED) is 0.507. The van der Waals surface area contributed by atoms with Crippen molar-refractivity contribution in [1.29, 1.82) is 0 Å². The van der Waals surface area contributed by atoms with E-state index < -0.39 is 5.54 Å². The van der Waals surface area contributed by atoms with Crippen molar-refractivity contribution in [3.05, 3.63) is 60.0 Å². The van der Waals surface area contributed by atoms with Crippen LogP contribution in [0.5, 0.6) is 0 Å². The first-order valence-corrected chi connectivity index (χ1v) is 11.5. The van der Waals surface area contributed by atoms with Gasteiger partial charge in [0.25, 0.3) is 0 Å². The maximum Gasteiger partial charge on any atom is 0.227 e. The van der Waals surface area contributed by atoms with Crippen molar-refractivity contribution in [1.82, 2.24) is 25.2 Å². The first-order valence-electron chi connectivity index (χ1n) is 11.5. The monoisotopic (exact) mass is 450 g/mol. The standard InChI is InChI=1S/C24H30N6O3/c1-18(31)28-24(13-4-2-3-5-14-24)23-27-22(33-29-23)12-11-21(32)26-20-9-7-19(8-10-20)17-30-16-6-15-25-30/h6-10,15-16H,2-5,11-14,17H2,1H3,(H,26,32)(H,28,31). The second-order valence-electron chi connectivity index (χ2n) is 8.64. The third kappa shape index (κ3) is 6.06. The molecular weight excluding hydrogens is 420 g/mol. The minimum Gasteiger partial charge on any atom is -0.343 e. The summed E-state index contributed by atoms with van der Waals surface area (Å²) < 4.78 is 7.28. The predicted molar refractivity (Wildman–Crippen MR) is 122 cm³/mol. The van der Waals surface area contributed by atoms with Gasteiger partial charge in [-0.05, 0) is 36.6 Å². The van der Waals surface area contributed by atoms with Crippen LogP contribution in [-0.2, 0) is 28.1 Å². The number of aromatic nitrogens is 4.